The number of azide groups is 1. The second-order valence-electron chi connectivity index (χ2n) is 29.6. The van der Waals surface area contributed by atoms with Gasteiger partial charge in [0.25, 0.3) is 5.91 Å². The first-order valence-electron chi connectivity index (χ1n) is 40.4. The van der Waals surface area contributed by atoms with Crippen molar-refractivity contribution >= 4 is 147 Å². The maximum Gasteiger partial charge on any atom is 0.329 e. The van der Waals surface area contributed by atoms with Gasteiger partial charge in [-0.3, -0.25) is 95.9 Å². The number of esters is 1. The van der Waals surface area contributed by atoms with Gasteiger partial charge in [0.2, 0.25) is 82.7 Å². The molecule has 0 spiro atoms. The molecule has 1 aliphatic heterocycles. The van der Waals surface area contributed by atoms with Crippen LogP contribution in [0.5, 0.6) is 0 Å². The van der Waals surface area contributed by atoms with Gasteiger partial charge < -0.3 is 121 Å². The predicted octanol–water partition coefficient (Wildman–Crippen LogP) is -2.75. The van der Waals surface area contributed by atoms with Crippen LogP contribution in [-0.2, 0) is 102 Å². The second-order valence-corrected chi connectivity index (χ2v) is 29.6. The van der Waals surface area contributed by atoms with Gasteiger partial charge in [-0.15, -0.1) is 0 Å². The third-order valence-electron chi connectivity index (χ3n) is 19.7. The van der Waals surface area contributed by atoms with E-state index in [1.165, 1.54) is 25.2 Å². The molecule has 1 aromatic heterocycles. The van der Waals surface area contributed by atoms with Gasteiger partial charge in [-0.2, -0.15) is 0 Å². The SMILES string of the molecule is CCCCCCCCCC(=O)NC(Cc1c[nH]c2ccccc12)C(=O)NC(CC(N)=O)C(=O)NC(CC(=O)O)C(=O)NC1C(=O)NCC(=O)NC(CCCNC(=O)c2ccccc2NC)C(=O)NC(CC(=O)O)C(=O)NC(C)C(=O)NC(CC(=O)O)C(=O)NCC(=O)NC(CO)C(=O)NC(C(C)CC(=O)O)C(=O)NC(CC(=O)c2ccccc2N=[N+]=[N-])C(=O)OC1C. The van der Waals surface area contributed by atoms with Crippen molar-refractivity contribution in [1.82, 2.24) is 79.4 Å². The molecule has 4 aromatic rings. The molecule has 13 atom stereocenters. The Morgan fingerprint density at radius 1 is 0.567 bits per heavy atom. The topological polar surface area (TPSA) is 740 Å². The fourth-order valence-electron chi connectivity index (χ4n) is 13.0. The minimum absolute atomic E-state index is 0.0387. The number of aromatic nitrogens is 1. The highest BCUT2D eigenvalue weighted by atomic mass is 16.5. The number of amides is 15. The molecule has 2 heterocycles. The molecule has 0 saturated carbocycles. The number of para-hydroxylation sites is 2. The molecule has 3 aromatic carbocycles. The number of carbonyl (C=O) groups excluding carboxylic acids is 17. The van der Waals surface area contributed by atoms with Gasteiger partial charge in [0.1, 0.15) is 72.6 Å². The number of rotatable bonds is 39. The number of fused-ring (bicyclic) bond motifs is 1. The number of primary amides is 1. The van der Waals surface area contributed by atoms with Crippen LogP contribution in [0.1, 0.15) is 157 Å². The van der Waals surface area contributed by atoms with Crippen molar-refractivity contribution in [3.05, 3.63) is 106 Å². The number of aliphatic carboxylic acids is 4. The number of ether oxygens (including phenoxy) is 1. The van der Waals surface area contributed by atoms with Gasteiger partial charge >= 0.3 is 29.8 Å². The number of benzene rings is 3. The summed E-state index contributed by atoms with van der Waals surface area (Å²) in [6.45, 7) is 0.760. The number of carboxylic acids is 4. The number of nitrogens with two attached hydrogens (primary N) is 1. The van der Waals surface area contributed by atoms with Gasteiger partial charge in [0, 0.05) is 71.8 Å². The monoisotopic (exact) mass is 1780 g/mol. The number of hydrogen-bond acceptors (Lipinski definition) is 25. The van der Waals surface area contributed by atoms with E-state index in [0.717, 1.165) is 65.0 Å². The molecular formula is C80H106N20O27. The zero-order valence-electron chi connectivity index (χ0n) is 70.0. The van der Waals surface area contributed by atoms with E-state index in [2.05, 4.69) is 85.7 Å². The smallest absolute Gasteiger partial charge is 0.329 e. The predicted molar refractivity (Wildman–Crippen MR) is 444 cm³/mol. The average Bonchev–Trinajstić information content (AvgIpc) is 1.73. The van der Waals surface area contributed by atoms with E-state index >= 15 is 9.59 Å². The van der Waals surface area contributed by atoms with Gasteiger partial charge in [0.05, 0.1) is 57.4 Å². The number of aliphatic hydroxyl groups excluding tert-OH is 1. The van der Waals surface area contributed by atoms with E-state index < -0.39 is 273 Å². The number of ketones is 1. The number of hydrogen-bond donors (Lipinski definition) is 22. The van der Waals surface area contributed by atoms with Crippen molar-refractivity contribution in [2.75, 3.05) is 38.6 Å². The fraction of sp³-hybridized carbons (Fsp3) is 0.487. The van der Waals surface area contributed by atoms with Crippen LogP contribution >= 0.6 is 0 Å². The van der Waals surface area contributed by atoms with Crippen LogP contribution in [-0.4, -0.2) is 261 Å². The Kier molecular flexibility index (Phi) is 42.2. The van der Waals surface area contributed by atoms with Crippen LogP contribution in [0.15, 0.2) is 84.1 Å². The number of cyclic esters (lactones) is 1. The lowest BCUT2D eigenvalue weighted by atomic mass is 9.96. The molecule has 1 saturated heterocycles. The number of H-pyrrole nitrogens is 1. The molecule has 13 unspecified atom stereocenters. The number of nitrogens with zero attached hydrogens (tertiary/aromatic N) is 3. The zero-order chi connectivity index (χ0) is 94.1. The third-order valence-corrected chi connectivity index (χ3v) is 19.7. The summed E-state index contributed by atoms with van der Waals surface area (Å²) in [5.41, 5.74) is 15.9. The first kappa shape index (κ1) is 103. The van der Waals surface area contributed by atoms with Gasteiger partial charge in [-0.25, -0.2) is 4.79 Å². The largest absolute Gasteiger partial charge is 0.481 e. The molecule has 23 N–H and O–H groups in total. The van der Waals surface area contributed by atoms with Crippen molar-refractivity contribution in [3.63, 3.8) is 0 Å². The summed E-state index contributed by atoms with van der Waals surface area (Å²) in [4.78, 5) is 296. The molecule has 127 heavy (non-hydrogen) atoms. The van der Waals surface area contributed by atoms with E-state index in [0.29, 0.717) is 35.0 Å². The summed E-state index contributed by atoms with van der Waals surface area (Å²) in [5, 5.41) is 88.1. The Balaban J connectivity index is 1.66. The van der Waals surface area contributed by atoms with E-state index in [4.69, 9.17) is 10.5 Å². The van der Waals surface area contributed by atoms with Crippen molar-refractivity contribution in [2.24, 2.45) is 16.8 Å². The lowest BCUT2D eigenvalue weighted by Gasteiger charge is -2.30. The molecule has 688 valence electrons. The molecule has 5 rings (SSSR count). The average molecular weight is 1780 g/mol. The molecule has 0 bridgehead atoms. The number of carbonyl (C=O) groups is 21. The van der Waals surface area contributed by atoms with Crippen LogP contribution in [0.4, 0.5) is 11.4 Å². The van der Waals surface area contributed by atoms with Crippen molar-refractivity contribution in [2.45, 2.75) is 209 Å². The molecule has 1 fully saturated rings. The first-order chi connectivity index (χ1) is 60.3. The zero-order valence-corrected chi connectivity index (χ0v) is 70.0. The minimum Gasteiger partial charge on any atom is -0.481 e. The maximum atomic E-state index is 15.1. The Morgan fingerprint density at radius 2 is 1.12 bits per heavy atom. The van der Waals surface area contributed by atoms with Gasteiger partial charge in [-0.1, -0.05) is 112 Å². The first-order valence-corrected chi connectivity index (χ1v) is 40.4. The molecule has 15 amide bonds. The number of aromatic amines is 1. The fourth-order valence-corrected chi connectivity index (χ4v) is 13.0. The lowest BCUT2D eigenvalue weighted by molar-refractivity contribution is -0.156. The quantitative estimate of drug-likeness (QED) is 0.00538. The highest BCUT2D eigenvalue weighted by Gasteiger charge is 2.41. The Morgan fingerprint density at radius 3 is 1.74 bits per heavy atom. The standard InChI is InChI=1S/C80H106N20O27/c1-6-7-8-9-10-11-12-27-60(104)90-51(30-43-36-85-48-24-17-13-20-44(43)48)74(120)93-52(32-59(81)103)75(121)95-55(35-66(113)114)76(122)98-68-42(4)127-80(126)56(31-58(102)45-21-14-18-25-49(45)99-100-82)96-79(125)67(40(2)29-63(107)108)97-77(123)57(39-101)91-62(106)37-86-71(117)53(33-64(109)110)92-69(115)41(3)88-73(119)54(34-65(111)112)94-72(118)50(89-61(105)38-87-78(68)124)26-19-28-84-70(116)46-22-15-16-23-47(46)83-5/h13-18,20-25,36,40-42,50-57,67-68,83,85,101H,6-12,19,26-35,37-39H2,1-5H3,(H2,81,103)(H,84,116)(H,86,117)(H,87,124)(H,88,119)(H,89,105)(H,90,104)(H,91,106)(H,92,115)(H,93,120)(H,94,118)(H,95,121)(H,96,125)(H,97,123)(H,98,122)(H,107,108)(H,109,110)(H,111,112)(H,113,114). The highest BCUT2D eigenvalue weighted by Crippen LogP contribution is 2.24. The van der Waals surface area contributed by atoms with Crippen LogP contribution < -0.4 is 85.5 Å². The summed E-state index contributed by atoms with van der Waals surface area (Å²) >= 11 is 0. The maximum absolute atomic E-state index is 15.1. The van der Waals surface area contributed by atoms with E-state index in [-0.39, 0.29) is 37.1 Å². The number of aliphatic hydroxyl groups is 1. The van der Waals surface area contributed by atoms with E-state index in [9.17, 15) is 122 Å². The van der Waals surface area contributed by atoms with Crippen LogP contribution in [0.2, 0.25) is 0 Å². The number of carboxylic acid groups (broad SMARTS) is 4. The highest BCUT2D eigenvalue weighted by molar-refractivity contribution is 6.06. The Labute approximate surface area is 725 Å². The summed E-state index contributed by atoms with van der Waals surface area (Å²) in [7, 11) is 1.53. The summed E-state index contributed by atoms with van der Waals surface area (Å²) < 4.78 is 5.72. The van der Waals surface area contributed by atoms with Crippen molar-refractivity contribution in [3.8, 4) is 0 Å². The van der Waals surface area contributed by atoms with Crippen LogP contribution in [0.25, 0.3) is 21.3 Å². The second kappa shape index (κ2) is 52.1. The molecule has 47 nitrogen and oxygen atoms in total. The summed E-state index contributed by atoms with van der Waals surface area (Å²) in [6.07, 6.45) is -3.21. The minimum atomic E-state index is -2.53. The lowest BCUT2D eigenvalue weighted by Crippen LogP contribution is -2.62. The van der Waals surface area contributed by atoms with Crippen LogP contribution in [0.3, 0.4) is 0 Å². The van der Waals surface area contributed by atoms with E-state index in [1.54, 1.807) is 48.7 Å². The molecule has 1 aliphatic rings. The normalized spacial score (nSPS) is 20.1. The summed E-state index contributed by atoms with van der Waals surface area (Å²) in [5.74, 6) is -31.4. The molecule has 47 heteroatoms. The number of unbranched alkanes of at least 4 members (excludes halogenated alkanes) is 6. The van der Waals surface area contributed by atoms with Crippen LogP contribution in [0, 0.1) is 5.92 Å². The number of nitrogens with one attached hydrogen (secondary N) is 16. The number of Topliss-reactive ketones (excluding diaryl/α,β-unsaturated/α-hetero) is 1. The van der Waals surface area contributed by atoms with Crippen molar-refractivity contribution in [1.29, 1.82) is 0 Å². The molecule has 0 radical (unpaired) electrons. The molecule has 0 aliphatic carbocycles. The Hall–Kier alpha value is -14.7. The Bertz CT molecular complexity index is 4740. The van der Waals surface area contributed by atoms with Crippen molar-refractivity contribution < 1.29 is 131 Å². The van der Waals surface area contributed by atoms with Gasteiger partial charge in [-0.05, 0) is 68.3 Å². The number of anilines is 1. The van der Waals surface area contributed by atoms with Gasteiger partial charge in [0.15, 0.2) is 5.78 Å². The summed E-state index contributed by atoms with van der Waals surface area (Å²) in [6, 6.07) is -5.51. The third kappa shape index (κ3) is 34.5. The van der Waals surface area contributed by atoms with E-state index in [1.807, 2.05) is 16.0 Å². The molecular weight excluding hydrogens is 1670 g/mol.